The van der Waals surface area contributed by atoms with Gasteiger partial charge in [0.05, 0.1) is 5.75 Å². The number of thioether (sulfide) groups is 1. The number of aromatic nitrogens is 2. The molecule has 1 N–H and O–H groups in total. The number of halogens is 1. The second kappa shape index (κ2) is 9.21. The minimum atomic E-state index is 0.0403. The largest absolute Gasteiger partial charge is 0.341 e. The maximum Gasteiger partial charge on any atom is 0.233 e. The van der Waals surface area contributed by atoms with E-state index in [1.807, 2.05) is 55.5 Å². The van der Waals surface area contributed by atoms with Crippen LogP contribution in [0.1, 0.15) is 11.1 Å². The molecule has 140 valence electrons. The van der Waals surface area contributed by atoms with Crippen LogP contribution in [0.5, 0.6) is 0 Å². The van der Waals surface area contributed by atoms with Crippen LogP contribution in [0.2, 0.25) is 5.02 Å². The van der Waals surface area contributed by atoms with Crippen molar-refractivity contribution in [2.75, 3.05) is 18.1 Å². The van der Waals surface area contributed by atoms with Gasteiger partial charge in [0.15, 0.2) is 4.34 Å². The normalized spacial score (nSPS) is 10.6. The van der Waals surface area contributed by atoms with Crippen LogP contribution in [0, 0.1) is 6.92 Å². The maximum absolute atomic E-state index is 12.3. The van der Waals surface area contributed by atoms with Crippen LogP contribution in [0.15, 0.2) is 52.9 Å². The molecule has 0 unspecified atom stereocenters. The second-order valence-corrected chi connectivity index (χ2v) is 8.61. The van der Waals surface area contributed by atoms with Gasteiger partial charge in [0, 0.05) is 24.3 Å². The van der Waals surface area contributed by atoms with Crippen LogP contribution in [0.3, 0.4) is 0 Å². The molecule has 3 rings (SSSR count). The molecule has 5 nitrogen and oxygen atoms in total. The zero-order valence-electron chi connectivity index (χ0n) is 15.0. The van der Waals surface area contributed by atoms with E-state index in [0.717, 1.165) is 21.2 Å². The standard InChI is InChI=1S/C19H19ClN4OS2/c1-13-5-3-4-6-16(13)21-18-22-23-19(27-18)26-12-17(25)24(2)11-14-7-9-15(20)10-8-14/h3-10H,11-12H2,1-2H3,(H,21,22). The number of carbonyl (C=O) groups is 1. The van der Waals surface area contributed by atoms with Gasteiger partial charge in [0.25, 0.3) is 0 Å². The molecule has 0 aliphatic heterocycles. The molecule has 0 saturated heterocycles. The molecular weight excluding hydrogens is 400 g/mol. The lowest BCUT2D eigenvalue weighted by atomic mass is 10.2. The molecule has 0 aliphatic rings. The van der Waals surface area contributed by atoms with Gasteiger partial charge in [-0.2, -0.15) is 0 Å². The Hall–Kier alpha value is -2.09. The van der Waals surface area contributed by atoms with Gasteiger partial charge in [0.2, 0.25) is 11.0 Å². The highest BCUT2D eigenvalue weighted by molar-refractivity contribution is 8.01. The van der Waals surface area contributed by atoms with Crippen molar-refractivity contribution >= 4 is 51.4 Å². The second-order valence-electron chi connectivity index (χ2n) is 5.98. The number of benzene rings is 2. The van der Waals surface area contributed by atoms with Crippen LogP contribution in [0.4, 0.5) is 10.8 Å². The number of nitrogens with one attached hydrogen (secondary N) is 1. The number of rotatable bonds is 7. The van der Waals surface area contributed by atoms with E-state index in [1.165, 1.54) is 23.1 Å². The highest BCUT2D eigenvalue weighted by Gasteiger charge is 2.13. The molecule has 1 amide bonds. The zero-order chi connectivity index (χ0) is 19.2. The van der Waals surface area contributed by atoms with Gasteiger partial charge in [0.1, 0.15) is 0 Å². The molecule has 0 saturated carbocycles. The first-order valence-electron chi connectivity index (χ1n) is 8.28. The molecule has 3 aromatic rings. The molecule has 27 heavy (non-hydrogen) atoms. The van der Waals surface area contributed by atoms with Crippen molar-refractivity contribution in [2.24, 2.45) is 0 Å². The van der Waals surface area contributed by atoms with Crippen molar-refractivity contribution in [3.05, 3.63) is 64.7 Å². The summed E-state index contributed by atoms with van der Waals surface area (Å²) in [6.45, 7) is 2.58. The smallest absolute Gasteiger partial charge is 0.233 e. The van der Waals surface area contributed by atoms with E-state index in [-0.39, 0.29) is 5.91 Å². The van der Waals surface area contributed by atoms with Gasteiger partial charge in [-0.1, -0.05) is 65.0 Å². The summed E-state index contributed by atoms with van der Waals surface area (Å²) in [6.07, 6.45) is 0. The van der Waals surface area contributed by atoms with Crippen LogP contribution in [0.25, 0.3) is 0 Å². The Labute approximate surface area is 171 Å². The van der Waals surface area contributed by atoms with Crippen LogP contribution in [-0.2, 0) is 11.3 Å². The molecular formula is C19H19ClN4OS2. The van der Waals surface area contributed by atoms with Gasteiger partial charge in [-0.05, 0) is 36.2 Å². The molecule has 1 aromatic heterocycles. The first-order valence-corrected chi connectivity index (χ1v) is 10.5. The van der Waals surface area contributed by atoms with E-state index < -0.39 is 0 Å². The van der Waals surface area contributed by atoms with Crippen LogP contribution in [-0.4, -0.2) is 33.8 Å². The van der Waals surface area contributed by atoms with Crippen molar-refractivity contribution in [3.8, 4) is 0 Å². The summed E-state index contributed by atoms with van der Waals surface area (Å²) in [6, 6.07) is 15.5. The number of aryl methyl sites for hydroxylation is 1. The van der Waals surface area contributed by atoms with Gasteiger partial charge in [-0.3, -0.25) is 4.79 Å². The fraction of sp³-hybridized carbons (Fsp3) is 0.211. The fourth-order valence-corrected chi connectivity index (χ4v) is 4.16. The Kier molecular flexibility index (Phi) is 6.71. The van der Waals surface area contributed by atoms with Crippen LogP contribution >= 0.6 is 34.7 Å². The monoisotopic (exact) mass is 418 g/mol. The molecule has 0 spiro atoms. The zero-order valence-corrected chi connectivity index (χ0v) is 17.4. The predicted molar refractivity (Wildman–Crippen MR) is 113 cm³/mol. The van der Waals surface area contributed by atoms with E-state index in [2.05, 4.69) is 15.5 Å². The fourth-order valence-electron chi connectivity index (χ4n) is 2.33. The number of nitrogens with zero attached hydrogens (tertiary/aromatic N) is 3. The first-order chi connectivity index (χ1) is 13.0. The third-order valence-electron chi connectivity index (χ3n) is 3.87. The van der Waals surface area contributed by atoms with Gasteiger partial charge < -0.3 is 10.2 Å². The lowest BCUT2D eigenvalue weighted by Gasteiger charge is -2.16. The van der Waals surface area contributed by atoms with Crippen molar-refractivity contribution in [3.63, 3.8) is 0 Å². The minimum Gasteiger partial charge on any atom is -0.341 e. The summed E-state index contributed by atoms with van der Waals surface area (Å²) in [5, 5.41) is 13.0. The highest BCUT2D eigenvalue weighted by atomic mass is 35.5. The molecule has 1 heterocycles. The van der Waals surface area contributed by atoms with Gasteiger partial charge >= 0.3 is 0 Å². The summed E-state index contributed by atoms with van der Waals surface area (Å²) >= 11 is 8.73. The van der Waals surface area contributed by atoms with E-state index in [9.17, 15) is 4.79 Å². The average molecular weight is 419 g/mol. The quantitative estimate of drug-likeness (QED) is 0.547. The lowest BCUT2D eigenvalue weighted by molar-refractivity contribution is -0.127. The molecule has 0 fully saturated rings. The third-order valence-corrected chi connectivity index (χ3v) is 6.08. The summed E-state index contributed by atoms with van der Waals surface area (Å²) in [4.78, 5) is 14.0. The Morgan fingerprint density at radius 2 is 1.93 bits per heavy atom. The minimum absolute atomic E-state index is 0.0403. The number of para-hydroxylation sites is 1. The lowest BCUT2D eigenvalue weighted by Crippen LogP contribution is -2.27. The van der Waals surface area contributed by atoms with Crippen molar-refractivity contribution in [2.45, 2.75) is 17.8 Å². The van der Waals surface area contributed by atoms with Crippen molar-refractivity contribution in [1.29, 1.82) is 0 Å². The van der Waals surface area contributed by atoms with E-state index in [0.29, 0.717) is 22.5 Å². The third kappa shape index (κ3) is 5.69. The number of carbonyl (C=O) groups excluding carboxylic acids is 1. The Morgan fingerprint density at radius 1 is 1.19 bits per heavy atom. The Balaban J connectivity index is 1.51. The SMILES string of the molecule is Cc1ccccc1Nc1nnc(SCC(=O)N(C)Cc2ccc(Cl)cc2)s1. The Bertz CT molecular complexity index is 914. The molecule has 0 aliphatic carbocycles. The van der Waals surface area contributed by atoms with Crippen molar-refractivity contribution < 1.29 is 4.79 Å². The number of amides is 1. The highest BCUT2D eigenvalue weighted by Crippen LogP contribution is 2.28. The number of hydrogen-bond acceptors (Lipinski definition) is 6. The first kappa shape index (κ1) is 19.7. The molecule has 8 heteroatoms. The number of anilines is 2. The van der Waals surface area contributed by atoms with E-state index in [4.69, 9.17) is 11.6 Å². The Morgan fingerprint density at radius 3 is 2.67 bits per heavy atom. The molecule has 0 atom stereocenters. The van der Waals surface area contributed by atoms with Gasteiger partial charge in [-0.15, -0.1) is 10.2 Å². The summed E-state index contributed by atoms with van der Waals surface area (Å²) in [7, 11) is 1.79. The molecule has 0 bridgehead atoms. The van der Waals surface area contributed by atoms with Crippen LogP contribution < -0.4 is 5.32 Å². The van der Waals surface area contributed by atoms with E-state index >= 15 is 0 Å². The average Bonchev–Trinajstić information content (AvgIpc) is 3.11. The predicted octanol–water partition coefficient (Wildman–Crippen LogP) is 4.99. The molecule has 0 radical (unpaired) electrons. The van der Waals surface area contributed by atoms with E-state index in [1.54, 1.807) is 11.9 Å². The topological polar surface area (TPSA) is 58.1 Å². The summed E-state index contributed by atoms with van der Waals surface area (Å²) < 4.78 is 0.763. The summed E-state index contributed by atoms with van der Waals surface area (Å²) in [5.41, 5.74) is 3.19. The van der Waals surface area contributed by atoms with Gasteiger partial charge in [-0.25, -0.2) is 0 Å². The van der Waals surface area contributed by atoms with Crippen molar-refractivity contribution in [1.82, 2.24) is 15.1 Å². The molecule has 2 aromatic carbocycles. The number of hydrogen-bond donors (Lipinski definition) is 1. The maximum atomic E-state index is 12.3. The summed E-state index contributed by atoms with van der Waals surface area (Å²) in [5.74, 6) is 0.363.